The normalized spacial score (nSPS) is 11.5. The van der Waals surface area contributed by atoms with Crippen LogP contribution in [0.15, 0.2) is 39.9 Å². The second kappa shape index (κ2) is 6.46. The molecule has 0 atom stereocenters. The lowest BCUT2D eigenvalue weighted by atomic mass is 10.2. The van der Waals surface area contributed by atoms with Crippen LogP contribution >= 0.6 is 11.3 Å². The van der Waals surface area contributed by atoms with Crippen LogP contribution in [0.1, 0.15) is 12.5 Å². The van der Waals surface area contributed by atoms with Crippen molar-refractivity contribution >= 4 is 32.7 Å². The van der Waals surface area contributed by atoms with Gasteiger partial charge in [-0.25, -0.2) is 13.1 Å². The van der Waals surface area contributed by atoms with Gasteiger partial charge in [-0.05, 0) is 40.6 Å². The number of hydrogen-bond donors (Lipinski definition) is 2. The maximum Gasteiger partial charge on any atom is 0.240 e. The average Bonchev–Trinajstić information content (AvgIpc) is 2.91. The van der Waals surface area contributed by atoms with Crippen molar-refractivity contribution in [3.05, 3.63) is 40.6 Å². The van der Waals surface area contributed by atoms with Gasteiger partial charge in [0.1, 0.15) is 0 Å². The molecule has 2 aromatic rings. The highest BCUT2D eigenvalue weighted by molar-refractivity contribution is 7.89. The van der Waals surface area contributed by atoms with Crippen LogP contribution in [0.3, 0.4) is 0 Å². The molecule has 114 valence electrons. The first-order chi connectivity index (χ1) is 9.94. The van der Waals surface area contributed by atoms with Crippen molar-refractivity contribution in [3.8, 4) is 0 Å². The van der Waals surface area contributed by atoms with E-state index < -0.39 is 10.0 Å². The van der Waals surface area contributed by atoms with Gasteiger partial charge in [0.2, 0.25) is 10.0 Å². The Labute approximate surface area is 129 Å². The first-order valence-corrected chi connectivity index (χ1v) is 8.98. The topological polar surface area (TPSA) is 75.4 Å². The fourth-order valence-electron chi connectivity index (χ4n) is 2.04. The van der Waals surface area contributed by atoms with Gasteiger partial charge < -0.3 is 10.6 Å². The fourth-order valence-corrected chi connectivity index (χ4v) is 3.76. The minimum atomic E-state index is -3.48. The van der Waals surface area contributed by atoms with E-state index in [0.29, 0.717) is 24.5 Å². The fraction of sp³-hybridized carbons (Fsp3) is 0.286. The number of nitrogen functional groups attached to an aromatic ring is 1. The zero-order valence-corrected chi connectivity index (χ0v) is 13.7. The summed E-state index contributed by atoms with van der Waals surface area (Å²) in [6, 6.07) is 6.80. The molecule has 3 N–H and O–H groups in total. The highest BCUT2D eigenvalue weighted by Crippen LogP contribution is 2.27. The standard InChI is InChI=1S/C14H19N3O2S2/c1-3-16-21(18,19)12-4-5-13(15)14(8-12)17(2)9-11-6-7-20-10-11/h4-8,10,16H,3,9,15H2,1-2H3. The Morgan fingerprint density at radius 2 is 2.10 bits per heavy atom. The van der Waals surface area contributed by atoms with Gasteiger partial charge in [0.15, 0.2) is 0 Å². The second-order valence-corrected chi connectivity index (χ2v) is 7.26. The first kappa shape index (κ1) is 15.8. The molecule has 1 heterocycles. The first-order valence-electron chi connectivity index (χ1n) is 6.55. The summed E-state index contributed by atoms with van der Waals surface area (Å²) in [6.45, 7) is 2.78. The molecule has 0 aliphatic carbocycles. The lowest BCUT2D eigenvalue weighted by molar-refractivity contribution is 0.584. The smallest absolute Gasteiger partial charge is 0.240 e. The molecule has 0 saturated heterocycles. The third kappa shape index (κ3) is 3.75. The van der Waals surface area contributed by atoms with Gasteiger partial charge in [-0.15, -0.1) is 0 Å². The second-order valence-electron chi connectivity index (χ2n) is 4.71. The van der Waals surface area contributed by atoms with E-state index in [-0.39, 0.29) is 4.90 Å². The summed E-state index contributed by atoms with van der Waals surface area (Å²) in [5.74, 6) is 0. The maximum atomic E-state index is 12.1. The number of hydrogen-bond acceptors (Lipinski definition) is 5. The third-order valence-electron chi connectivity index (χ3n) is 3.06. The number of benzene rings is 1. The average molecular weight is 325 g/mol. The molecule has 0 aliphatic heterocycles. The summed E-state index contributed by atoms with van der Waals surface area (Å²) >= 11 is 1.63. The zero-order valence-electron chi connectivity index (χ0n) is 12.0. The Morgan fingerprint density at radius 3 is 2.71 bits per heavy atom. The number of rotatable bonds is 6. The number of nitrogens with two attached hydrogens (primary N) is 1. The van der Waals surface area contributed by atoms with Crippen molar-refractivity contribution in [3.63, 3.8) is 0 Å². The Hall–Kier alpha value is -1.57. The van der Waals surface area contributed by atoms with Crippen molar-refractivity contribution < 1.29 is 8.42 Å². The Morgan fingerprint density at radius 1 is 1.33 bits per heavy atom. The molecule has 7 heteroatoms. The van der Waals surface area contributed by atoms with Crippen LogP contribution in [-0.2, 0) is 16.6 Å². The molecule has 0 saturated carbocycles. The highest BCUT2D eigenvalue weighted by Gasteiger charge is 2.16. The largest absolute Gasteiger partial charge is 0.397 e. The van der Waals surface area contributed by atoms with Gasteiger partial charge in [-0.3, -0.25) is 0 Å². The van der Waals surface area contributed by atoms with Crippen LogP contribution < -0.4 is 15.4 Å². The van der Waals surface area contributed by atoms with Crippen molar-refractivity contribution in [1.82, 2.24) is 4.72 Å². The molecule has 0 amide bonds. The Kier molecular flexibility index (Phi) is 4.87. The molecule has 1 aromatic carbocycles. The molecule has 0 unspecified atom stereocenters. The molecule has 21 heavy (non-hydrogen) atoms. The molecule has 0 bridgehead atoms. The van der Waals surface area contributed by atoms with Crippen LogP contribution in [0.25, 0.3) is 0 Å². The summed E-state index contributed by atoms with van der Waals surface area (Å²) in [5, 5.41) is 4.07. The minimum Gasteiger partial charge on any atom is -0.397 e. The summed E-state index contributed by atoms with van der Waals surface area (Å²) < 4.78 is 26.6. The minimum absolute atomic E-state index is 0.228. The molecule has 0 spiro atoms. The van der Waals surface area contributed by atoms with E-state index >= 15 is 0 Å². The number of sulfonamides is 1. The van der Waals surface area contributed by atoms with Crippen LogP contribution in [-0.4, -0.2) is 22.0 Å². The van der Waals surface area contributed by atoms with Crippen LogP contribution in [0, 0.1) is 0 Å². The van der Waals surface area contributed by atoms with Gasteiger partial charge in [-0.2, -0.15) is 11.3 Å². The third-order valence-corrected chi connectivity index (χ3v) is 5.33. The number of anilines is 2. The predicted molar refractivity (Wildman–Crippen MR) is 88.1 cm³/mol. The Bertz CT molecular complexity index is 697. The van der Waals surface area contributed by atoms with Crippen molar-refractivity contribution in [1.29, 1.82) is 0 Å². The van der Waals surface area contributed by atoms with E-state index in [9.17, 15) is 8.42 Å². The summed E-state index contributed by atoms with van der Waals surface area (Å²) in [6.07, 6.45) is 0. The van der Waals surface area contributed by atoms with E-state index in [1.807, 2.05) is 23.4 Å². The van der Waals surface area contributed by atoms with Gasteiger partial charge in [0, 0.05) is 20.1 Å². The summed E-state index contributed by atoms with van der Waals surface area (Å²) in [7, 11) is -1.58. The highest BCUT2D eigenvalue weighted by atomic mass is 32.2. The lowest BCUT2D eigenvalue weighted by Crippen LogP contribution is -2.24. The SMILES string of the molecule is CCNS(=O)(=O)c1ccc(N)c(N(C)Cc2ccsc2)c1. The molecule has 5 nitrogen and oxygen atoms in total. The predicted octanol–water partition coefficient (Wildman–Crippen LogP) is 2.26. The van der Waals surface area contributed by atoms with Gasteiger partial charge in [0.05, 0.1) is 16.3 Å². The number of nitrogens with zero attached hydrogens (tertiary/aromatic N) is 1. The number of nitrogens with one attached hydrogen (secondary N) is 1. The summed E-state index contributed by atoms with van der Waals surface area (Å²) in [5.41, 5.74) is 8.42. The molecule has 0 radical (unpaired) electrons. The Balaban J connectivity index is 2.31. The van der Waals surface area contributed by atoms with E-state index in [0.717, 1.165) is 0 Å². The molecule has 2 rings (SSSR count). The monoisotopic (exact) mass is 325 g/mol. The van der Waals surface area contributed by atoms with E-state index in [2.05, 4.69) is 10.1 Å². The van der Waals surface area contributed by atoms with Crippen molar-refractivity contribution in [2.75, 3.05) is 24.2 Å². The van der Waals surface area contributed by atoms with Crippen LogP contribution in [0.2, 0.25) is 0 Å². The quantitative estimate of drug-likeness (QED) is 0.799. The molecule has 1 aromatic heterocycles. The van der Waals surface area contributed by atoms with Crippen LogP contribution in [0.4, 0.5) is 11.4 Å². The van der Waals surface area contributed by atoms with Crippen LogP contribution in [0.5, 0.6) is 0 Å². The molecular weight excluding hydrogens is 306 g/mol. The lowest BCUT2D eigenvalue weighted by Gasteiger charge is -2.21. The van der Waals surface area contributed by atoms with E-state index in [4.69, 9.17) is 5.73 Å². The maximum absolute atomic E-state index is 12.1. The molecular formula is C14H19N3O2S2. The zero-order chi connectivity index (χ0) is 15.5. The van der Waals surface area contributed by atoms with Crippen molar-refractivity contribution in [2.45, 2.75) is 18.4 Å². The molecule has 0 fully saturated rings. The summed E-state index contributed by atoms with van der Waals surface area (Å²) in [4.78, 5) is 2.17. The molecule has 0 aliphatic rings. The van der Waals surface area contributed by atoms with Gasteiger partial charge in [0.25, 0.3) is 0 Å². The van der Waals surface area contributed by atoms with Gasteiger partial charge in [-0.1, -0.05) is 6.92 Å². The van der Waals surface area contributed by atoms with E-state index in [1.165, 1.54) is 11.6 Å². The van der Waals surface area contributed by atoms with Crippen molar-refractivity contribution in [2.24, 2.45) is 0 Å². The number of thiophene rings is 1. The van der Waals surface area contributed by atoms with Gasteiger partial charge >= 0.3 is 0 Å². The van der Waals surface area contributed by atoms with E-state index in [1.54, 1.807) is 30.4 Å².